The number of fused-ring (bicyclic) bond motifs is 2. The molecule has 1 aliphatic carbocycles. The predicted octanol–water partition coefficient (Wildman–Crippen LogP) is 2.21. The highest BCUT2D eigenvalue weighted by molar-refractivity contribution is 6.01. The molecule has 0 saturated carbocycles. The highest BCUT2D eigenvalue weighted by Crippen LogP contribution is 2.30. The molecule has 1 aromatic carbocycles. The number of benzene rings is 1. The van der Waals surface area contributed by atoms with Gasteiger partial charge in [-0.1, -0.05) is 31.2 Å². The molecule has 0 spiro atoms. The van der Waals surface area contributed by atoms with Crippen LogP contribution in [0.5, 0.6) is 5.75 Å². The van der Waals surface area contributed by atoms with Crippen molar-refractivity contribution in [1.82, 2.24) is 9.88 Å². The molecule has 1 aliphatic heterocycles. The van der Waals surface area contributed by atoms with Crippen molar-refractivity contribution in [3.8, 4) is 5.75 Å². The van der Waals surface area contributed by atoms with Gasteiger partial charge in [0, 0.05) is 18.8 Å². The zero-order valence-corrected chi connectivity index (χ0v) is 15.4. The highest BCUT2D eigenvalue weighted by Gasteiger charge is 2.33. The third kappa shape index (κ3) is 3.39. The molecule has 6 nitrogen and oxygen atoms in total. The van der Waals surface area contributed by atoms with Gasteiger partial charge in [-0.05, 0) is 42.5 Å². The predicted molar refractivity (Wildman–Crippen MR) is 102 cm³/mol. The zero-order chi connectivity index (χ0) is 18.8. The summed E-state index contributed by atoms with van der Waals surface area (Å²) in [6, 6.07) is 12.0. The van der Waals surface area contributed by atoms with E-state index in [1.54, 1.807) is 18.3 Å². The second kappa shape index (κ2) is 7.39. The van der Waals surface area contributed by atoms with E-state index in [0.717, 1.165) is 19.3 Å². The Bertz CT molecular complexity index is 842. The molecule has 4 rings (SSSR count). The van der Waals surface area contributed by atoms with Crippen molar-refractivity contribution in [1.29, 1.82) is 0 Å². The molecule has 140 valence electrons. The quantitative estimate of drug-likeness (QED) is 0.815. The third-order valence-corrected chi connectivity index (χ3v) is 5.21. The van der Waals surface area contributed by atoms with Gasteiger partial charge in [0.25, 0.3) is 5.91 Å². The fourth-order valence-electron chi connectivity index (χ4n) is 3.93. The maximum Gasteiger partial charge on any atom is 0.266 e. The van der Waals surface area contributed by atoms with Crippen LogP contribution in [0.4, 0.5) is 5.82 Å². The number of hydrogen-bond donors (Lipinski definition) is 0. The molecule has 0 N–H and O–H groups in total. The molecule has 0 radical (unpaired) electrons. The standard InChI is InChI=1S/C21H23N3O3/c1-2-10-23(17-11-15-6-3-4-7-16(15)12-17)19(25)13-24-20(26)14-27-18-8-5-9-22-21(18)24/h3-9,17H,2,10-14H2,1H3. The number of carbonyl (C=O) groups excluding carboxylic acids is 2. The Morgan fingerprint density at radius 1 is 1.22 bits per heavy atom. The number of aromatic nitrogens is 1. The van der Waals surface area contributed by atoms with E-state index in [4.69, 9.17) is 4.74 Å². The van der Waals surface area contributed by atoms with Crippen LogP contribution in [0, 0.1) is 0 Å². The molecular weight excluding hydrogens is 342 g/mol. The lowest BCUT2D eigenvalue weighted by molar-refractivity contribution is -0.133. The third-order valence-electron chi connectivity index (χ3n) is 5.21. The maximum absolute atomic E-state index is 13.2. The number of pyridine rings is 1. The Kier molecular flexibility index (Phi) is 4.79. The first-order chi connectivity index (χ1) is 13.2. The molecule has 6 heteroatoms. The SMILES string of the molecule is CCCN(C(=O)CN1C(=O)COc2cccnc21)C1Cc2ccccc2C1. The van der Waals surface area contributed by atoms with Crippen LogP contribution in [0.25, 0.3) is 0 Å². The van der Waals surface area contributed by atoms with Crippen LogP contribution in [-0.2, 0) is 22.4 Å². The minimum absolute atomic E-state index is 0.000941. The molecule has 0 saturated heterocycles. The number of carbonyl (C=O) groups is 2. The molecule has 2 aliphatic rings. The van der Waals surface area contributed by atoms with Crippen molar-refractivity contribution in [3.63, 3.8) is 0 Å². The Morgan fingerprint density at radius 3 is 2.67 bits per heavy atom. The van der Waals surface area contributed by atoms with Crippen molar-refractivity contribution >= 4 is 17.6 Å². The summed E-state index contributed by atoms with van der Waals surface area (Å²) in [5.74, 6) is 0.690. The van der Waals surface area contributed by atoms with E-state index in [0.29, 0.717) is 18.1 Å². The highest BCUT2D eigenvalue weighted by atomic mass is 16.5. The van der Waals surface area contributed by atoms with Crippen LogP contribution in [-0.4, -0.2) is 47.4 Å². The number of hydrogen-bond acceptors (Lipinski definition) is 4. The monoisotopic (exact) mass is 365 g/mol. The minimum Gasteiger partial charge on any atom is -0.480 e. The number of anilines is 1. The van der Waals surface area contributed by atoms with Crippen molar-refractivity contribution in [2.75, 3.05) is 24.6 Å². The summed E-state index contributed by atoms with van der Waals surface area (Å²) in [4.78, 5) is 33.2. The second-order valence-corrected chi connectivity index (χ2v) is 7.01. The number of amides is 2. The van der Waals surface area contributed by atoms with E-state index < -0.39 is 0 Å². The van der Waals surface area contributed by atoms with Crippen LogP contribution >= 0.6 is 0 Å². The maximum atomic E-state index is 13.2. The number of nitrogens with zero attached hydrogens (tertiary/aromatic N) is 3. The molecule has 0 bridgehead atoms. The van der Waals surface area contributed by atoms with E-state index in [1.165, 1.54) is 16.0 Å². The summed E-state index contributed by atoms with van der Waals surface area (Å²) in [6.07, 6.45) is 4.22. The van der Waals surface area contributed by atoms with Gasteiger partial charge in [-0.15, -0.1) is 0 Å². The average molecular weight is 365 g/mol. The first kappa shape index (κ1) is 17.5. The molecule has 2 heterocycles. The lowest BCUT2D eigenvalue weighted by Gasteiger charge is -2.33. The van der Waals surface area contributed by atoms with Gasteiger partial charge in [-0.2, -0.15) is 0 Å². The van der Waals surface area contributed by atoms with Crippen LogP contribution in [0.1, 0.15) is 24.5 Å². The summed E-state index contributed by atoms with van der Waals surface area (Å²) >= 11 is 0. The Morgan fingerprint density at radius 2 is 1.96 bits per heavy atom. The van der Waals surface area contributed by atoms with E-state index in [-0.39, 0.29) is 31.0 Å². The first-order valence-corrected chi connectivity index (χ1v) is 9.41. The van der Waals surface area contributed by atoms with Gasteiger partial charge in [0.1, 0.15) is 6.54 Å². The summed E-state index contributed by atoms with van der Waals surface area (Å²) in [5, 5.41) is 0. The van der Waals surface area contributed by atoms with Crippen LogP contribution in [0.2, 0.25) is 0 Å². The lowest BCUT2D eigenvalue weighted by Crippen LogP contribution is -2.50. The summed E-state index contributed by atoms with van der Waals surface area (Å²) in [7, 11) is 0. The van der Waals surface area contributed by atoms with Crippen LogP contribution < -0.4 is 9.64 Å². The van der Waals surface area contributed by atoms with E-state index in [2.05, 4.69) is 24.0 Å². The van der Waals surface area contributed by atoms with Crippen molar-refractivity contribution in [2.24, 2.45) is 0 Å². The molecule has 0 atom stereocenters. The van der Waals surface area contributed by atoms with E-state index in [1.807, 2.05) is 17.0 Å². The fourth-order valence-corrected chi connectivity index (χ4v) is 3.93. The lowest BCUT2D eigenvalue weighted by atomic mass is 10.1. The van der Waals surface area contributed by atoms with Crippen LogP contribution in [0.15, 0.2) is 42.6 Å². The number of rotatable bonds is 5. The molecule has 2 aromatic rings. The van der Waals surface area contributed by atoms with Gasteiger partial charge in [-0.3, -0.25) is 14.5 Å². The summed E-state index contributed by atoms with van der Waals surface area (Å²) < 4.78 is 5.42. The fraction of sp³-hybridized carbons (Fsp3) is 0.381. The summed E-state index contributed by atoms with van der Waals surface area (Å²) in [6.45, 7) is 2.69. The van der Waals surface area contributed by atoms with E-state index in [9.17, 15) is 9.59 Å². The second-order valence-electron chi connectivity index (χ2n) is 7.01. The van der Waals surface area contributed by atoms with E-state index >= 15 is 0 Å². The topological polar surface area (TPSA) is 62.7 Å². The zero-order valence-electron chi connectivity index (χ0n) is 15.4. The Hall–Kier alpha value is -2.89. The molecular formula is C21H23N3O3. The smallest absolute Gasteiger partial charge is 0.266 e. The van der Waals surface area contributed by atoms with Gasteiger partial charge in [0.2, 0.25) is 5.91 Å². The van der Waals surface area contributed by atoms with Crippen molar-refractivity contribution < 1.29 is 14.3 Å². The normalized spacial score (nSPS) is 15.9. The van der Waals surface area contributed by atoms with Crippen molar-refractivity contribution in [2.45, 2.75) is 32.2 Å². The van der Waals surface area contributed by atoms with Gasteiger partial charge < -0.3 is 9.64 Å². The molecule has 2 amide bonds. The molecule has 0 unspecified atom stereocenters. The first-order valence-electron chi connectivity index (χ1n) is 9.41. The number of ether oxygens (including phenoxy) is 1. The average Bonchev–Trinajstić information content (AvgIpc) is 3.12. The largest absolute Gasteiger partial charge is 0.480 e. The Balaban J connectivity index is 1.53. The van der Waals surface area contributed by atoms with Gasteiger partial charge in [0.15, 0.2) is 18.2 Å². The van der Waals surface area contributed by atoms with Gasteiger partial charge >= 0.3 is 0 Å². The Labute approximate surface area is 158 Å². The molecule has 1 aromatic heterocycles. The summed E-state index contributed by atoms with van der Waals surface area (Å²) in [5.41, 5.74) is 2.62. The minimum atomic E-state index is -0.235. The van der Waals surface area contributed by atoms with Gasteiger partial charge in [-0.25, -0.2) is 4.98 Å². The van der Waals surface area contributed by atoms with Gasteiger partial charge in [0.05, 0.1) is 0 Å². The van der Waals surface area contributed by atoms with Crippen LogP contribution in [0.3, 0.4) is 0 Å². The molecule has 0 fully saturated rings. The molecule has 27 heavy (non-hydrogen) atoms. The van der Waals surface area contributed by atoms with Crippen molar-refractivity contribution in [3.05, 3.63) is 53.7 Å².